The number of fused-ring (bicyclic) bond motifs is 1. The summed E-state index contributed by atoms with van der Waals surface area (Å²) in [5.74, 6) is 2.80. The van der Waals surface area contributed by atoms with Crippen molar-refractivity contribution in [1.82, 2.24) is 15.1 Å². The number of carbonyl (C=O) groups is 2. The first kappa shape index (κ1) is 22.5. The van der Waals surface area contributed by atoms with Crippen LogP contribution in [0.15, 0.2) is 59.5 Å². The van der Waals surface area contributed by atoms with E-state index in [1.807, 2.05) is 54.6 Å². The van der Waals surface area contributed by atoms with Gasteiger partial charge in [-0.1, -0.05) is 49.4 Å². The highest BCUT2D eigenvalue weighted by atomic mass is 32.2. The molecule has 2 heterocycles. The van der Waals surface area contributed by atoms with E-state index in [4.69, 9.17) is 0 Å². The van der Waals surface area contributed by atoms with Crippen LogP contribution < -0.4 is 10.6 Å². The minimum atomic E-state index is -0.174. The van der Waals surface area contributed by atoms with Crippen molar-refractivity contribution in [2.75, 3.05) is 17.6 Å². The highest BCUT2D eigenvalue weighted by molar-refractivity contribution is 7.99. The highest BCUT2D eigenvalue weighted by Gasteiger charge is 2.25. The third-order valence-electron chi connectivity index (χ3n) is 5.15. The molecule has 1 aliphatic rings. The van der Waals surface area contributed by atoms with E-state index in [1.165, 1.54) is 5.56 Å². The van der Waals surface area contributed by atoms with Crippen LogP contribution in [-0.4, -0.2) is 33.9 Å². The average molecular weight is 467 g/mol. The van der Waals surface area contributed by atoms with Crippen molar-refractivity contribution in [3.8, 4) is 0 Å². The predicted octanol–water partition coefficient (Wildman–Crippen LogP) is 4.35. The number of benzene rings is 2. The van der Waals surface area contributed by atoms with Crippen molar-refractivity contribution in [3.63, 3.8) is 0 Å². The molecule has 0 atom stereocenters. The van der Waals surface area contributed by atoms with Gasteiger partial charge in [0, 0.05) is 28.5 Å². The lowest BCUT2D eigenvalue weighted by atomic mass is 10.1. The molecule has 8 heteroatoms. The first-order valence-corrected chi connectivity index (χ1v) is 12.8. The van der Waals surface area contributed by atoms with E-state index in [2.05, 4.69) is 22.7 Å². The number of thioether (sulfide) groups is 2. The van der Waals surface area contributed by atoms with E-state index in [0.717, 1.165) is 39.8 Å². The first-order chi connectivity index (χ1) is 15.7. The lowest BCUT2D eigenvalue weighted by molar-refractivity contribution is -0.121. The Kier molecular flexibility index (Phi) is 7.55. The molecular weight excluding hydrogens is 440 g/mol. The van der Waals surface area contributed by atoms with Crippen molar-refractivity contribution >= 4 is 41.2 Å². The van der Waals surface area contributed by atoms with Crippen molar-refractivity contribution in [1.29, 1.82) is 0 Å². The minimum Gasteiger partial charge on any atom is -0.354 e. The van der Waals surface area contributed by atoms with E-state index in [1.54, 1.807) is 28.2 Å². The lowest BCUT2D eigenvalue weighted by Gasteiger charge is -2.13. The van der Waals surface area contributed by atoms with E-state index in [0.29, 0.717) is 17.9 Å². The van der Waals surface area contributed by atoms with Crippen LogP contribution in [0.3, 0.4) is 0 Å². The number of nitrogens with one attached hydrogen (secondary N) is 2. The molecule has 0 unspecified atom stereocenters. The van der Waals surface area contributed by atoms with Crippen molar-refractivity contribution in [2.24, 2.45) is 0 Å². The molecule has 0 aliphatic carbocycles. The second-order valence-corrected chi connectivity index (χ2v) is 9.68. The Bertz CT molecular complexity index is 1100. The summed E-state index contributed by atoms with van der Waals surface area (Å²) in [5, 5.41) is 10.6. The Morgan fingerprint density at radius 3 is 2.69 bits per heavy atom. The van der Waals surface area contributed by atoms with Crippen LogP contribution in [-0.2, 0) is 29.3 Å². The van der Waals surface area contributed by atoms with Gasteiger partial charge in [0.2, 0.25) is 5.91 Å². The molecule has 0 radical (unpaired) electrons. The van der Waals surface area contributed by atoms with Crippen LogP contribution in [0, 0.1) is 0 Å². The number of aromatic nitrogens is 2. The van der Waals surface area contributed by atoms with E-state index < -0.39 is 0 Å². The number of carbonyl (C=O) groups excluding carboxylic acids is 2. The van der Waals surface area contributed by atoms with Gasteiger partial charge in [-0.15, -0.1) is 11.8 Å². The zero-order valence-electron chi connectivity index (χ0n) is 18.0. The zero-order chi connectivity index (χ0) is 22.3. The number of hydrogen-bond donors (Lipinski definition) is 2. The standard InChI is InChI=1S/C24H26N4O2S2/c1-2-32-21-11-7-6-10-18(21)24(30)26-23-19-15-31-16-20(19)27-28(23)14-22(29)25-13-12-17-8-4-3-5-9-17/h3-11H,2,12-16H2,1H3,(H,25,29)(H,26,30). The second-order valence-electron chi connectivity index (χ2n) is 7.39. The Balaban J connectivity index is 1.45. The Morgan fingerprint density at radius 1 is 1.09 bits per heavy atom. The highest BCUT2D eigenvalue weighted by Crippen LogP contribution is 2.35. The zero-order valence-corrected chi connectivity index (χ0v) is 19.6. The van der Waals surface area contributed by atoms with Gasteiger partial charge in [0.15, 0.2) is 0 Å². The second kappa shape index (κ2) is 10.7. The third kappa shape index (κ3) is 5.37. The summed E-state index contributed by atoms with van der Waals surface area (Å²) in [6.07, 6.45) is 0.772. The van der Waals surface area contributed by atoms with Gasteiger partial charge in [-0.3, -0.25) is 9.59 Å². The maximum Gasteiger partial charge on any atom is 0.257 e. The van der Waals surface area contributed by atoms with Crippen LogP contribution in [0.5, 0.6) is 0 Å². The van der Waals surface area contributed by atoms with Crippen LogP contribution in [0.4, 0.5) is 5.82 Å². The topological polar surface area (TPSA) is 76.0 Å². The number of amides is 2. The molecule has 0 spiro atoms. The molecule has 1 aromatic heterocycles. The fourth-order valence-corrected chi connectivity index (χ4v) is 5.45. The monoisotopic (exact) mass is 466 g/mol. The molecule has 2 aromatic carbocycles. The molecule has 2 N–H and O–H groups in total. The van der Waals surface area contributed by atoms with Crippen LogP contribution in [0.2, 0.25) is 0 Å². The fourth-order valence-electron chi connectivity index (χ4n) is 3.61. The van der Waals surface area contributed by atoms with Gasteiger partial charge in [-0.05, 0) is 29.9 Å². The molecule has 6 nitrogen and oxygen atoms in total. The van der Waals surface area contributed by atoms with E-state index in [9.17, 15) is 9.59 Å². The van der Waals surface area contributed by atoms with E-state index in [-0.39, 0.29) is 18.4 Å². The summed E-state index contributed by atoms with van der Waals surface area (Å²) in [6, 6.07) is 17.7. The molecule has 0 fully saturated rings. The van der Waals surface area contributed by atoms with Gasteiger partial charge >= 0.3 is 0 Å². The molecule has 32 heavy (non-hydrogen) atoms. The summed E-state index contributed by atoms with van der Waals surface area (Å²) in [7, 11) is 0. The SMILES string of the molecule is CCSc1ccccc1C(=O)Nc1c2c(nn1CC(=O)NCCc1ccccc1)CSC2. The summed E-state index contributed by atoms with van der Waals surface area (Å²) in [4.78, 5) is 26.6. The smallest absolute Gasteiger partial charge is 0.257 e. The number of rotatable bonds is 9. The van der Waals surface area contributed by atoms with Gasteiger partial charge in [-0.2, -0.15) is 16.9 Å². The quantitative estimate of drug-likeness (QED) is 0.459. The molecule has 2 amide bonds. The van der Waals surface area contributed by atoms with Gasteiger partial charge in [0.05, 0.1) is 11.3 Å². The van der Waals surface area contributed by atoms with Gasteiger partial charge in [0.25, 0.3) is 5.91 Å². The molecular formula is C24H26N4O2S2. The molecule has 0 bridgehead atoms. The largest absolute Gasteiger partial charge is 0.354 e. The molecule has 0 saturated carbocycles. The summed E-state index contributed by atoms with van der Waals surface area (Å²) >= 11 is 3.40. The van der Waals surface area contributed by atoms with Crippen LogP contribution in [0.1, 0.15) is 34.1 Å². The fraction of sp³-hybridized carbons (Fsp3) is 0.292. The van der Waals surface area contributed by atoms with Crippen LogP contribution in [0.25, 0.3) is 0 Å². The first-order valence-electron chi connectivity index (χ1n) is 10.7. The van der Waals surface area contributed by atoms with E-state index >= 15 is 0 Å². The van der Waals surface area contributed by atoms with Gasteiger partial charge < -0.3 is 10.6 Å². The summed E-state index contributed by atoms with van der Waals surface area (Å²) < 4.78 is 1.63. The summed E-state index contributed by atoms with van der Waals surface area (Å²) in [6.45, 7) is 2.70. The number of nitrogens with zero attached hydrogens (tertiary/aromatic N) is 2. The van der Waals surface area contributed by atoms with Crippen molar-refractivity contribution in [2.45, 2.75) is 36.3 Å². The molecule has 166 valence electrons. The molecule has 4 rings (SSSR count). The van der Waals surface area contributed by atoms with Crippen molar-refractivity contribution in [3.05, 3.63) is 77.0 Å². The Morgan fingerprint density at radius 2 is 1.88 bits per heavy atom. The Labute approximate surface area is 196 Å². The number of hydrogen-bond acceptors (Lipinski definition) is 5. The maximum atomic E-state index is 13.1. The predicted molar refractivity (Wildman–Crippen MR) is 131 cm³/mol. The molecule has 1 aliphatic heterocycles. The maximum absolute atomic E-state index is 13.1. The van der Waals surface area contributed by atoms with Gasteiger partial charge in [0.1, 0.15) is 12.4 Å². The third-order valence-corrected chi connectivity index (χ3v) is 7.08. The lowest BCUT2D eigenvalue weighted by Crippen LogP contribution is -2.30. The molecule has 3 aromatic rings. The van der Waals surface area contributed by atoms with Crippen LogP contribution >= 0.6 is 23.5 Å². The van der Waals surface area contributed by atoms with Gasteiger partial charge in [-0.25, -0.2) is 4.68 Å². The molecule has 0 saturated heterocycles. The van der Waals surface area contributed by atoms with Crippen molar-refractivity contribution < 1.29 is 9.59 Å². The summed E-state index contributed by atoms with van der Waals surface area (Å²) in [5.41, 5.74) is 3.78. The number of anilines is 1. The normalized spacial score (nSPS) is 12.4. The minimum absolute atomic E-state index is 0.0768. The Hall–Kier alpha value is -2.71. The average Bonchev–Trinajstić information content (AvgIpc) is 3.37.